The number of nitriles is 1. The second kappa shape index (κ2) is 4.87. The van der Waals surface area contributed by atoms with Gasteiger partial charge >= 0.3 is 0 Å². The number of likely N-dealkylation sites (N-methyl/N-ethyl adjacent to an activating group) is 1. The van der Waals surface area contributed by atoms with E-state index in [0.29, 0.717) is 17.9 Å². The minimum absolute atomic E-state index is 0.0396. The maximum absolute atomic E-state index is 12.6. The largest absolute Gasteiger partial charge is 0.454 e. The zero-order valence-electron chi connectivity index (χ0n) is 13.5. The van der Waals surface area contributed by atoms with Crippen LogP contribution in [0, 0.1) is 16.7 Å². The Morgan fingerprint density at radius 1 is 1.29 bits per heavy atom. The first kappa shape index (κ1) is 14.8. The molecule has 2 amide bonds. The van der Waals surface area contributed by atoms with Crippen LogP contribution in [0.3, 0.4) is 0 Å². The van der Waals surface area contributed by atoms with Crippen LogP contribution < -0.4 is 9.47 Å². The molecule has 2 saturated heterocycles. The van der Waals surface area contributed by atoms with Crippen molar-refractivity contribution in [1.82, 2.24) is 9.80 Å². The molecule has 2 fully saturated rings. The number of rotatable bonds is 1. The Morgan fingerprint density at radius 3 is 2.79 bits per heavy atom. The van der Waals surface area contributed by atoms with E-state index in [1.165, 1.54) is 4.90 Å². The van der Waals surface area contributed by atoms with Crippen LogP contribution in [0.25, 0.3) is 0 Å². The number of benzene rings is 1. The highest BCUT2D eigenvalue weighted by Crippen LogP contribution is 2.52. The number of carbonyl (C=O) groups excluding carboxylic acids is 2. The van der Waals surface area contributed by atoms with Gasteiger partial charge in [-0.05, 0) is 31.0 Å². The van der Waals surface area contributed by atoms with Gasteiger partial charge in [-0.25, -0.2) is 0 Å². The van der Waals surface area contributed by atoms with E-state index in [4.69, 9.17) is 9.47 Å². The number of hydrogen-bond acceptors (Lipinski definition) is 5. The number of hydrogen-bond donors (Lipinski definition) is 0. The Hall–Kier alpha value is -2.75. The summed E-state index contributed by atoms with van der Waals surface area (Å²) >= 11 is 0. The van der Waals surface area contributed by atoms with E-state index >= 15 is 0 Å². The van der Waals surface area contributed by atoms with Gasteiger partial charge in [-0.1, -0.05) is 6.07 Å². The highest BCUT2D eigenvalue weighted by molar-refractivity contribution is 5.96. The van der Waals surface area contributed by atoms with Gasteiger partial charge in [-0.15, -0.1) is 0 Å². The van der Waals surface area contributed by atoms with Gasteiger partial charge in [0.25, 0.3) is 0 Å². The Labute approximate surface area is 139 Å². The van der Waals surface area contributed by atoms with Crippen molar-refractivity contribution in [3.8, 4) is 17.6 Å². The third-order valence-corrected chi connectivity index (χ3v) is 5.12. The smallest absolute Gasteiger partial charge is 0.245 e. The molecule has 0 N–H and O–H groups in total. The molecule has 3 aliphatic rings. The number of amides is 2. The fourth-order valence-corrected chi connectivity index (χ4v) is 3.96. The average molecular weight is 327 g/mol. The first-order valence-corrected chi connectivity index (χ1v) is 7.81. The van der Waals surface area contributed by atoms with E-state index in [1.54, 1.807) is 31.0 Å². The first-order chi connectivity index (χ1) is 11.4. The molecule has 3 heterocycles. The van der Waals surface area contributed by atoms with Crippen LogP contribution in [0.1, 0.15) is 24.9 Å². The van der Waals surface area contributed by atoms with E-state index in [1.807, 2.05) is 6.07 Å². The molecule has 0 aromatic heterocycles. The van der Waals surface area contributed by atoms with Crippen LogP contribution in [-0.4, -0.2) is 48.0 Å². The van der Waals surface area contributed by atoms with Gasteiger partial charge in [0.1, 0.15) is 6.04 Å². The quantitative estimate of drug-likeness (QED) is 0.770. The molecule has 1 aromatic carbocycles. The van der Waals surface area contributed by atoms with Gasteiger partial charge in [0.2, 0.25) is 18.6 Å². The van der Waals surface area contributed by atoms with Crippen molar-refractivity contribution in [1.29, 1.82) is 5.26 Å². The summed E-state index contributed by atoms with van der Waals surface area (Å²) in [6.07, 6.45) is 0.331. The molecular formula is C17H17N3O4. The molecule has 0 unspecified atom stereocenters. The van der Waals surface area contributed by atoms with Crippen molar-refractivity contribution in [3.63, 3.8) is 0 Å². The van der Waals surface area contributed by atoms with Crippen LogP contribution in [0.2, 0.25) is 0 Å². The maximum Gasteiger partial charge on any atom is 0.245 e. The summed E-state index contributed by atoms with van der Waals surface area (Å²) in [6.45, 7) is 2.01. The van der Waals surface area contributed by atoms with Crippen molar-refractivity contribution < 1.29 is 19.1 Å². The van der Waals surface area contributed by atoms with E-state index < -0.39 is 17.5 Å². The fraction of sp³-hybridized carbons (Fsp3) is 0.471. The molecule has 3 aliphatic heterocycles. The number of piperazine rings is 1. The lowest BCUT2D eigenvalue weighted by atomic mass is 9.79. The second-order valence-corrected chi connectivity index (χ2v) is 6.76. The minimum atomic E-state index is -0.838. The molecule has 0 spiro atoms. The standard InChI is InChI=1S/C17H17N3O4/c1-17(8-18)6-11-16(22)19(2)7-14(21)20(11)15(17)10-3-4-12-13(5-10)24-9-23-12/h3-5,11,15H,6-7,9H2,1-2H3/t11-,15-,17+/m0/s1. The van der Waals surface area contributed by atoms with Gasteiger partial charge in [-0.2, -0.15) is 5.26 Å². The van der Waals surface area contributed by atoms with E-state index in [9.17, 15) is 14.9 Å². The van der Waals surface area contributed by atoms with Crippen LogP contribution in [-0.2, 0) is 9.59 Å². The highest BCUT2D eigenvalue weighted by Gasteiger charge is 2.57. The Bertz CT molecular complexity index is 787. The van der Waals surface area contributed by atoms with Gasteiger partial charge in [0.15, 0.2) is 11.5 Å². The van der Waals surface area contributed by atoms with Gasteiger partial charge in [0.05, 0.1) is 24.1 Å². The Balaban J connectivity index is 1.81. The van der Waals surface area contributed by atoms with Gasteiger partial charge in [0, 0.05) is 7.05 Å². The van der Waals surface area contributed by atoms with Crippen molar-refractivity contribution in [3.05, 3.63) is 23.8 Å². The van der Waals surface area contributed by atoms with Gasteiger partial charge < -0.3 is 19.3 Å². The van der Waals surface area contributed by atoms with E-state index in [-0.39, 0.29) is 25.2 Å². The zero-order chi connectivity index (χ0) is 17.1. The van der Waals surface area contributed by atoms with Crippen LogP contribution in [0.5, 0.6) is 11.5 Å². The van der Waals surface area contributed by atoms with Crippen molar-refractivity contribution in [2.24, 2.45) is 5.41 Å². The molecule has 1 aromatic rings. The zero-order valence-corrected chi connectivity index (χ0v) is 13.5. The molecule has 4 rings (SSSR count). The second-order valence-electron chi connectivity index (χ2n) is 6.76. The predicted octanol–water partition coefficient (Wildman–Crippen LogP) is 1.06. The molecule has 7 heteroatoms. The summed E-state index contributed by atoms with van der Waals surface area (Å²) in [5.74, 6) is 1.000. The third-order valence-electron chi connectivity index (χ3n) is 5.12. The summed E-state index contributed by atoms with van der Waals surface area (Å²) in [5, 5.41) is 9.77. The topological polar surface area (TPSA) is 82.9 Å². The summed E-state index contributed by atoms with van der Waals surface area (Å²) in [7, 11) is 1.62. The van der Waals surface area contributed by atoms with Crippen molar-refractivity contribution in [2.45, 2.75) is 25.4 Å². The minimum Gasteiger partial charge on any atom is -0.454 e. The number of ether oxygens (including phenoxy) is 2. The number of fused-ring (bicyclic) bond motifs is 2. The van der Waals surface area contributed by atoms with Crippen LogP contribution in [0.15, 0.2) is 18.2 Å². The molecule has 0 saturated carbocycles. The fourth-order valence-electron chi connectivity index (χ4n) is 3.96. The van der Waals surface area contributed by atoms with Crippen LogP contribution >= 0.6 is 0 Å². The molecule has 3 atom stereocenters. The monoisotopic (exact) mass is 327 g/mol. The summed E-state index contributed by atoms with van der Waals surface area (Å²) in [5.41, 5.74) is -0.0500. The molecule has 124 valence electrons. The average Bonchev–Trinajstić information content (AvgIpc) is 3.14. The SMILES string of the molecule is CN1CC(=O)N2[C@@H](c3ccc4c(c3)OCO4)[C@@](C)(C#N)C[C@H]2C1=O. The van der Waals surface area contributed by atoms with E-state index in [0.717, 1.165) is 5.56 Å². The van der Waals surface area contributed by atoms with Crippen LogP contribution in [0.4, 0.5) is 0 Å². The Morgan fingerprint density at radius 2 is 2.04 bits per heavy atom. The summed E-state index contributed by atoms with van der Waals surface area (Å²) in [4.78, 5) is 28.1. The normalized spacial score (nSPS) is 31.2. The lowest BCUT2D eigenvalue weighted by Crippen LogP contribution is -2.56. The van der Waals surface area contributed by atoms with Crippen molar-refractivity contribution >= 4 is 11.8 Å². The third kappa shape index (κ3) is 1.89. The molecule has 0 aliphatic carbocycles. The first-order valence-electron chi connectivity index (χ1n) is 7.81. The molecule has 24 heavy (non-hydrogen) atoms. The highest BCUT2D eigenvalue weighted by atomic mass is 16.7. The number of carbonyl (C=O) groups is 2. The van der Waals surface area contributed by atoms with Crippen molar-refractivity contribution in [2.75, 3.05) is 20.4 Å². The number of nitrogens with zero attached hydrogens (tertiary/aromatic N) is 3. The molecule has 0 radical (unpaired) electrons. The molecular weight excluding hydrogens is 310 g/mol. The lowest BCUT2D eigenvalue weighted by molar-refractivity contribution is -0.154. The van der Waals surface area contributed by atoms with Gasteiger partial charge in [-0.3, -0.25) is 9.59 Å². The maximum atomic E-state index is 12.6. The predicted molar refractivity (Wildman–Crippen MR) is 81.9 cm³/mol. The lowest BCUT2D eigenvalue weighted by Gasteiger charge is -2.38. The summed E-state index contributed by atoms with van der Waals surface area (Å²) in [6, 6.07) is 6.69. The molecule has 7 nitrogen and oxygen atoms in total. The Kier molecular flexibility index (Phi) is 3.01. The molecule has 0 bridgehead atoms. The summed E-state index contributed by atoms with van der Waals surface area (Å²) < 4.78 is 10.7. The van der Waals surface area contributed by atoms with E-state index in [2.05, 4.69) is 6.07 Å².